The summed E-state index contributed by atoms with van der Waals surface area (Å²) in [6, 6.07) is 11.9. The van der Waals surface area contributed by atoms with E-state index in [4.69, 9.17) is 16.3 Å². The molecule has 2 aliphatic rings. The third-order valence-corrected chi connectivity index (χ3v) is 4.48. The fourth-order valence-electron chi connectivity index (χ4n) is 3.04. The minimum absolute atomic E-state index is 0.714. The van der Waals surface area contributed by atoms with Crippen LogP contribution in [0.5, 0.6) is 5.75 Å². The molecule has 0 spiro atoms. The van der Waals surface area contributed by atoms with Crippen LogP contribution < -0.4 is 14.5 Å². The van der Waals surface area contributed by atoms with E-state index in [0.29, 0.717) is 6.67 Å². The van der Waals surface area contributed by atoms with Gasteiger partial charge in [-0.15, -0.1) is 0 Å². The largest absolute Gasteiger partial charge is 0.497 e. The third kappa shape index (κ3) is 2.26. The molecular weight excluding hydrogens is 310 g/mol. The van der Waals surface area contributed by atoms with Crippen LogP contribution in [0.2, 0.25) is 5.02 Å². The van der Waals surface area contributed by atoms with Gasteiger partial charge in [0.1, 0.15) is 5.75 Å². The second-order valence-corrected chi connectivity index (χ2v) is 6.02. The number of aryl methyl sites for hydroxylation is 1. The van der Waals surface area contributed by atoms with E-state index in [2.05, 4.69) is 34.0 Å². The highest BCUT2D eigenvalue weighted by Crippen LogP contribution is 2.41. The van der Waals surface area contributed by atoms with Crippen LogP contribution in [0, 0.1) is 6.92 Å². The summed E-state index contributed by atoms with van der Waals surface area (Å²) in [6.45, 7) is 2.79. The van der Waals surface area contributed by atoms with Crippen molar-refractivity contribution >= 4 is 34.9 Å². The topological polar surface area (TPSA) is 28.1 Å². The quantitative estimate of drug-likeness (QED) is 0.814. The smallest absolute Gasteiger partial charge is 0.121 e. The number of hydrogen-bond donors (Lipinski definition) is 0. The van der Waals surface area contributed by atoms with Crippen LogP contribution in [0.1, 0.15) is 5.56 Å². The molecule has 4 nitrogen and oxygen atoms in total. The monoisotopic (exact) mass is 325 g/mol. The zero-order chi connectivity index (χ0) is 16.0. The van der Waals surface area contributed by atoms with Gasteiger partial charge in [-0.3, -0.25) is 4.99 Å². The van der Waals surface area contributed by atoms with Gasteiger partial charge in [0, 0.05) is 12.3 Å². The molecular formula is C18H16ClN3O. The molecule has 0 aromatic heterocycles. The number of allylic oxidation sites excluding steroid dienone is 1. The van der Waals surface area contributed by atoms with Gasteiger partial charge in [-0.1, -0.05) is 23.7 Å². The summed E-state index contributed by atoms with van der Waals surface area (Å²) in [5, 5.41) is 0.758. The van der Waals surface area contributed by atoms with Gasteiger partial charge in [-0.25, -0.2) is 0 Å². The SMILES string of the molecule is COc1ccc2c(c1)N=CC1=CN(c3c(C)cccc3Cl)CN12. The molecule has 0 radical (unpaired) electrons. The second kappa shape index (κ2) is 5.32. The Balaban J connectivity index is 1.73. The highest BCUT2D eigenvalue weighted by atomic mass is 35.5. The number of anilines is 2. The summed E-state index contributed by atoms with van der Waals surface area (Å²) < 4.78 is 5.28. The third-order valence-electron chi connectivity index (χ3n) is 4.18. The Bertz CT molecular complexity index is 824. The summed E-state index contributed by atoms with van der Waals surface area (Å²) in [7, 11) is 1.66. The summed E-state index contributed by atoms with van der Waals surface area (Å²) in [6.07, 6.45) is 3.97. The number of hydrogen-bond acceptors (Lipinski definition) is 4. The van der Waals surface area contributed by atoms with Gasteiger partial charge >= 0.3 is 0 Å². The van der Waals surface area contributed by atoms with Crippen molar-refractivity contribution in [2.45, 2.75) is 6.92 Å². The van der Waals surface area contributed by atoms with Gasteiger partial charge < -0.3 is 14.5 Å². The summed E-state index contributed by atoms with van der Waals surface area (Å²) in [4.78, 5) is 8.93. The normalized spacial score (nSPS) is 15.3. The molecule has 0 unspecified atom stereocenters. The van der Waals surface area contributed by atoms with E-state index in [1.807, 2.05) is 36.5 Å². The number of aliphatic imine (C=N–C) groups is 1. The lowest BCUT2D eigenvalue weighted by Crippen LogP contribution is -2.28. The van der Waals surface area contributed by atoms with Crippen LogP contribution in [0.15, 0.2) is 53.3 Å². The second-order valence-electron chi connectivity index (χ2n) is 5.61. The molecule has 2 aliphatic heterocycles. The summed E-state index contributed by atoms with van der Waals surface area (Å²) >= 11 is 6.41. The molecule has 4 rings (SSSR count). The first kappa shape index (κ1) is 14.2. The van der Waals surface area contributed by atoms with Crippen molar-refractivity contribution in [3.63, 3.8) is 0 Å². The van der Waals surface area contributed by atoms with E-state index in [1.54, 1.807) is 7.11 Å². The zero-order valence-corrected chi connectivity index (χ0v) is 13.7. The van der Waals surface area contributed by atoms with Gasteiger partial charge in [0.15, 0.2) is 0 Å². The number of para-hydroxylation sites is 1. The first-order chi connectivity index (χ1) is 11.2. The highest BCUT2D eigenvalue weighted by molar-refractivity contribution is 6.33. The van der Waals surface area contributed by atoms with Crippen molar-refractivity contribution in [1.29, 1.82) is 0 Å². The van der Waals surface area contributed by atoms with Gasteiger partial charge in [0.25, 0.3) is 0 Å². The molecule has 0 saturated carbocycles. The molecule has 0 saturated heterocycles. The summed E-state index contributed by atoms with van der Waals surface area (Å²) in [5.41, 5.74) is 5.24. The van der Waals surface area contributed by atoms with E-state index >= 15 is 0 Å². The van der Waals surface area contributed by atoms with E-state index < -0.39 is 0 Å². The molecule has 0 fully saturated rings. The average molecular weight is 326 g/mol. The van der Waals surface area contributed by atoms with E-state index in [0.717, 1.165) is 39.1 Å². The van der Waals surface area contributed by atoms with E-state index in [-0.39, 0.29) is 0 Å². The van der Waals surface area contributed by atoms with Gasteiger partial charge in [-0.05, 0) is 30.7 Å². The van der Waals surface area contributed by atoms with E-state index in [9.17, 15) is 0 Å². The molecule has 0 aliphatic carbocycles. The predicted molar refractivity (Wildman–Crippen MR) is 95.2 cm³/mol. The number of nitrogens with zero attached hydrogens (tertiary/aromatic N) is 3. The number of rotatable bonds is 2. The fourth-order valence-corrected chi connectivity index (χ4v) is 3.37. The predicted octanol–water partition coefficient (Wildman–Crippen LogP) is 4.50. The molecule has 2 aromatic carbocycles. The van der Waals surface area contributed by atoms with Gasteiger partial charge in [-0.2, -0.15) is 0 Å². The number of benzene rings is 2. The number of fused-ring (bicyclic) bond motifs is 3. The van der Waals surface area contributed by atoms with Crippen molar-refractivity contribution < 1.29 is 4.74 Å². The maximum Gasteiger partial charge on any atom is 0.121 e. The maximum atomic E-state index is 6.41. The van der Waals surface area contributed by atoms with E-state index in [1.165, 1.54) is 0 Å². The van der Waals surface area contributed by atoms with Crippen molar-refractivity contribution in [3.8, 4) is 5.75 Å². The summed E-state index contributed by atoms with van der Waals surface area (Å²) in [5.74, 6) is 0.811. The Hall–Kier alpha value is -2.46. The fraction of sp³-hybridized carbons (Fsp3) is 0.167. The molecule has 0 amide bonds. The first-order valence-corrected chi connectivity index (χ1v) is 7.78. The zero-order valence-electron chi connectivity index (χ0n) is 13.0. The van der Waals surface area contributed by atoms with Crippen LogP contribution in [-0.2, 0) is 0 Å². The van der Waals surface area contributed by atoms with Crippen LogP contribution in [-0.4, -0.2) is 20.0 Å². The maximum absolute atomic E-state index is 6.41. The average Bonchev–Trinajstić information content (AvgIpc) is 2.98. The van der Waals surface area contributed by atoms with Crippen LogP contribution in [0.4, 0.5) is 17.1 Å². The molecule has 0 atom stereocenters. The van der Waals surface area contributed by atoms with Gasteiger partial charge in [0.2, 0.25) is 0 Å². The molecule has 0 bridgehead atoms. The number of methoxy groups -OCH3 is 1. The minimum atomic E-state index is 0.714. The molecule has 116 valence electrons. The lowest BCUT2D eigenvalue weighted by Gasteiger charge is -2.27. The number of halogens is 1. The lowest BCUT2D eigenvalue weighted by molar-refractivity contribution is 0.415. The molecule has 2 aromatic rings. The minimum Gasteiger partial charge on any atom is -0.497 e. The van der Waals surface area contributed by atoms with Gasteiger partial charge in [0.05, 0.1) is 47.8 Å². The lowest BCUT2D eigenvalue weighted by atomic mass is 10.2. The van der Waals surface area contributed by atoms with Crippen molar-refractivity contribution in [2.75, 3.05) is 23.6 Å². The molecule has 23 heavy (non-hydrogen) atoms. The Morgan fingerprint density at radius 3 is 2.87 bits per heavy atom. The highest BCUT2D eigenvalue weighted by Gasteiger charge is 2.28. The first-order valence-electron chi connectivity index (χ1n) is 7.40. The Morgan fingerprint density at radius 1 is 1.22 bits per heavy atom. The van der Waals surface area contributed by atoms with Crippen molar-refractivity contribution in [3.05, 3.63) is 58.9 Å². The number of ether oxygens (including phenoxy) is 1. The standard InChI is InChI=1S/C18H16ClN3O/c1-12-4-3-5-15(19)18(12)21-10-13-9-20-16-8-14(23-2)6-7-17(16)22(13)11-21/h3-10H,11H2,1-2H3. The van der Waals surface area contributed by atoms with Crippen molar-refractivity contribution in [2.24, 2.45) is 4.99 Å². The Kier molecular flexibility index (Phi) is 3.27. The molecule has 2 heterocycles. The molecule has 5 heteroatoms. The van der Waals surface area contributed by atoms with Crippen LogP contribution in [0.3, 0.4) is 0 Å². The van der Waals surface area contributed by atoms with Crippen LogP contribution >= 0.6 is 11.6 Å². The van der Waals surface area contributed by atoms with Crippen LogP contribution in [0.25, 0.3) is 0 Å². The van der Waals surface area contributed by atoms with Crippen molar-refractivity contribution in [1.82, 2.24) is 0 Å². The Labute approximate surface area is 140 Å². The molecule has 0 N–H and O–H groups in total. The Morgan fingerprint density at radius 2 is 2.09 bits per heavy atom.